The fraction of sp³-hybridized carbons (Fsp3) is 0.800. The Bertz CT molecular complexity index is 168. The van der Waals surface area contributed by atoms with Crippen LogP contribution in [0.15, 0.2) is 0 Å². The molecule has 3 nitrogen and oxygen atoms in total. The van der Waals surface area contributed by atoms with Crippen molar-refractivity contribution in [3.05, 3.63) is 0 Å². The van der Waals surface area contributed by atoms with Crippen LogP contribution in [0.25, 0.3) is 0 Å². The maximum atomic E-state index is 10.8. The summed E-state index contributed by atoms with van der Waals surface area (Å²) < 4.78 is 15.2. The van der Waals surface area contributed by atoms with Gasteiger partial charge in [-0.2, -0.15) is 0 Å². The molecule has 1 heterocycles. The smallest absolute Gasteiger partial charge is 0.310 e. The largest absolute Gasteiger partial charge is 0.469 e. The molecule has 5 heteroatoms. The summed E-state index contributed by atoms with van der Waals surface area (Å²) in [4.78, 5) is 10.8. The van der Waals surface area contributed by atoms with Crippen LogP contribution in [0, 0.1) is 5.92 Å². The van der Waals surface area contributed by atoms with Crippen LogP contribution in [0.3, 0.4) is 0 Å². The van der Waals surface area contributed by atoms with Crippen molar-refractivity contribution in [3.63, 3.8) is 0 Å². The predicted molar refractivity (Wildman–Crippen MR) is 41.0 cm³/mol. The number of methoxy groups -OCH3 is 1. The Morgan fingerprint density at radius 3 is 2.90 bits per heavy atom. The van der Waals surface area contributed by atoms with Crippen LogP contribution in [-0.4, -0.2) is 28.8 Å². The summed E-state index contributed by atoms with van der Waals surface area (Å²) in [6.45, 7) is 0. The van der Waals surface area contributed by atoms with Crippen molar-refractivity contribution in [1.29, 1.82) is 0 Å². The van der Waals surface area contributed by atoms with Crippen LogP contribution in [0.2, 0.25) is 0 Å². The van der Waals surface area contributed by atoms with E-state index < -0.39 is 9.83 Å². The van der Waals surface area contributed by atoms with Crippen molar-refractivity contribution >= 4 is 26.6 Å². The summed E-state index contributed by atoms with van der Waals surface area (Å²) in [6.07, 6.45) is 0. The molecule has 1 fully saturated rings. The second kappa shape index (κ2) is 3.39. The number of carbonyl (C=O) groups excluding carboxylic acids is 1. The van der Waals surface area contributed by atoms with E-state index in [0.29, 0.717) is 11.5 Å². The van der Waals surface area contributed by atoms with Crippen molar-refractivity contribution in [1.82, 2.24) is 0 Å². The van der Waals surface area contributed by atoms with E-state index in [1.807, 2.05) is 0 Å². The lowest BCUT2D eigenvalue weighted by molar-refractivity contribution is -0.143. The van der Waals surface area contributed by atoms with E-state index >= 15 is 0 Å². The van der Waals surface area contributed by atoms with Gasteiger partial charge in [0.1, 0.15) is 0 Å². The molecule has 0 aromatic rings. The molecule has 0 aromatic heterocycles. The quantitative estimate of drug-likeness (QED) is 0.426. The minimum atomic E-state index is -0.859. The summed E-state index contributed by atoms with van der Waals surface area (Å²) in [6, 6.07) is 0. The highest BCUT2D eigenvalue weighted by Gasteiger charge is 2.28. The monoisotopic (exact) mass is 180 g/mol. The van der Waals surface area contributed by atoms with Gasteiger partial charge in [0.05, 0.1) is 22.9 Å². The predicted octanol–water partition coefficient (Wildman–Crippen LogP) is 0.186. The molecule has 0 aliphatic carbocycles. The molecule has 1 aliphatic rings. The van der Waals surface area contributed by atoms with Crippen molar-refractivity contribution in [3.8, 4) is 0 Å². The fourth-order valence-corrected chi connectivity index (χ4v) is 3.85. The van der Waals surface area contributed by atoms with Crippen molar-refractivity contribution < 1.29 is 13.7 Å². The van der Waals surface area contributed by atoms with Gasteiger partial charge < -0.3 is 4.74 Å². The lowest BCUT2D eigenvalue weighted by atomic mass is 10.2. The van der Waals surface area contributed by atoms with Gasteiger partial charge in [-0.3, -0.25) is 4.79 Å². The van der Waals surface area contributed by atoms with Gasteiger partial charge in [-0.1, -0.05) is 10.8 Å². The summed E-state index contributed by atoms with van der Waals surface area (Å²) >= 11 is 0. The number of hydrogen-bond acceptors (Lipinski definition) is 4. The van der Waals surface area contributed by atoms with Crippen LogP contribution in [0.5, 0.6) is 0 Å². The van der Waals surface area contributed by atoms with E-state index in [1.165, 1.54) is 17.9 Å². The zero-order chi connectivity index (χ0) is 7.56. The molecule has 0 N–H and O–H groups in total. The Balaban J connectivity index is 2.44. The molecule has 0 aromatic carbocycles. The van der Waals surface area contributed by atoms with Crippen molar-refractivity contribution in [2.24, 2.45) is 5.92 Å². The summed E-state index contributed by atoms with van der Waals surface area (Å²) in [7, 11) is 1.82. The Hall–Kier alpha value is -0.0300. The molecule has 1 saturated heterocycles. The zero-order valence-electron chi connectivity index (χ0n) is 5.53. The summed E-state index contributed by atoms with van der Waals surface area (Å²) in [5, 5.41) is 0. The van der Waals surface area contributed by atoms with E-state index in [0.717, 1.165) is 0 Å². The van der Waals surface area contributed by atoms with Gasteiger partial charge >= 0.3 is 5.97 Å². The highest BCUT2D eigenvalue weighted by atomic mass is 33.1. The first-order valence-electron chi connectivity index (χ1n) is 2.83. The third-order valence-corrected chi connectivity index (χ3v) is 4.35. The first-order chi connectivity index (χ1) is 4.74. The number of hydrogen-bond donors (Lipinski definition) is 0. The van der Waals surface area contributed by atoms with Crippen LogP contribution in [0.1, 0.15) is 0 Å². The molecule has 0 radical (unpaired) electrons. The second-order valence-corrected chi connectivity index (χ2v) is 5.31. The van der Waals surface area contributed by atoms with E-state index in [-0.39, 0.29) is 11.9 Å². The lowest BCUT2D eigenvalue weighted by Crippen LogP contribution is -2.18. The second-order valence-electron chi connectivity index (χ2n) is 1.98. The molecule has 0 bridgehead atoms. The van der Waals surface area contributed by atoms with Gasteiger partial charge in [-0.15, -0.1) is 0 Å². The standard InChI is InChI=1S/C5H8O3S2/c1-8-5(6)4-2-9-10(7)3-4/h4H,2-3H2,1H3. The molecule has 0 amide bonds. The lowest BCUT2D eigenvalue weighted by Gasteiger charge is -2.01. The summed E-state index contributed by atoms with van der Waals surface area (Å²) in [5.41, 5.74) is 0. The molecular formula is C5H8O3S2. The summed E-state index contributed by atoms with van der Waals surface area (Å²) in [5.74, 6) is 0.713. The Kier molecular flexibility index (Phi) is 2.73. The Morgan fingerprint density at radius 1 is 1.80 bits per heavy atom. The van der Waals surface area contributed by atoms with Crippen LogP contribution < -0.4 is 0 Å². The first kappa shape index (κ1) is 8.07. The fourth-order valence-electron chi connectivity index (χ4n) is 0.721. The van der Waals surface area contributed by atoms with Crippen molar-refractivity contribution in [2.45, 2.75) is 0 Å². The van der Waals surface area contributed by atoms with E-state index in [9.17, 15) is 9.00 Å². The van der Waals surface area contributed by atoms with Gasteiger partial charge in [-0.05, 0) is 0 Å². The van der Waals surface area contributed by atoms with Gasteiger partial charge in [0.25, 0.3) is 0 Å². The Morgan fingerprint density at radius 2 is 2.50 bits per heavy atom. The van der Waals surface area contributed by atoms with Crippen LogP contribution in [-0.2, 0) is 19.4 Å². The van der Waals surface area contributed by atoms with Gasteiger partial charge in [0.15, 0.2) is 0 Å². The third-order valence-electron chi connectivity index (χ3n) is 1.27. The van der Waals surface area contributed by atoms with Crippen LogP contribution in [0.4, 0.5) is 0 Å². The Labute approximate surface area is 65.4 Å². The van der Waals surface area contributed by atoms with Gasteiger partial charge in [0, 0.05) is 11.5 Å². The van der Waals surface area contributed by atoms with E-state index in [1.54, 1.807) is 0 Å². The van der Waals surface area contributed by atoms with Crippen molar-refractivity contribution in [2.75, 3.05) is 18.6 Å². The van der Waals surface area contributed by atoms with Gasteiger partial charge in [0.2, 0.25) is 0 Å². The molecule has 58 valence electrons. The minimum absolute atomic E-state index is 0.143. The highest BCUT2D eigenvalue weighted by molar-refractivity contribution is 8.69. The maximum Gasteiger partial charge on any atom is 0.310 e. The topological polar surface area (TPSA) is 43.4 Å². The zero-order valence-corrected chi connectivity index (χ0v) is 7.17. The van der Waals surface area contributed by atoms with Gasteiger partial charge in [-0.25, -0.2) is 4.21 Å². The molecule has 10 heavy (non-hydrogen) atoms. The normalized spacial score (nSPS) is 32.1. The maximum absolute atomic E-state index is 10.8. The van der Waals surface area contributed by atoms with Crippen LogP contribution >= 0.6 is 10.8 Å². The first-order valence-corrected chi connectivity index (χ1v) is 5.65. The molecule has 2 unspecified atom stereocenters. The number of ether oxygens (including phenoxy) is 1. The molecule has 0 saturated carbocycles. The molecule has 2 atom stereocenters. The SMILES string of the molecule is COC(=O)C1CSS(=O)C1. The number of esters is 1. The van der Waals surface area contributed by atoms with E-state index in [4.69, 9.17) is 0 Å². The molecule has 1 aliphatic heterocycles. The average Bonchev–Trinajstić information content (AvgIpc) is 2.34. The van der Waals surface area contributed by atoms with E-state index in [2.05, 4.69) is 4.74 Å². The molecule has 0 spiro atoms. The number of carbonyl (C=O) groups is 1. The minimum Gasteiger partial charge on any atom is -0.469 e. The number of rotatable bonds is 1. The highest BCUT2D eigenvalue weighted by Crippen LogP contribution is 2.24. The molecule has 1 rings (SSSR count). The third kappa shape index (κ3) is 1.73. The molecular weight excluding hydrogens is 172 g/mol. The average molecular weight is 180 g/mol.